The van der Waals surface area contributed by atoms with Gasteiger partial charge in [0.1, 0.15) is 0 Å². The Morgan fingerprint density at radius 1 is 0.964 bits per heavy atom. The highest BCUT2D eigenvalue weighted by atomic mass is 32.2. The van der Waals surface area contributed by atoms with Crippen LogP contribution in [-0.2, 0) is 27.9 Å². The number of benzene rings is 2. The number of carbonyl (C=O) groups is 1. The second-order valence-electron chi connectivity index (χ2n) is 6.52. The Morgan fingerprint density at radius 2 is 1.64 bits per heavy atom. The van der Waals surface area contributed by atoms with Gasteiger partial charge in [0.15, 0.2) is 0 Å². The number of hydrogen-bond donors (Lipinski definition) is 2. The molecule has 0 unspecified atom stereocenters. The Labute approximate surface area is 168 Å². The van der Waals surface area contributed by atoms with E-state index in [1.165, 1.54) is 17.7 Å². The third kappa shape index (κ3) is 7.07. The minimum absolute atomic E-state index is 0.0606. The van der Waals surface area contributed by atoms with Gasteiger partial charge in [-0.25, -0.2) is 13.1 Å². The van der Waals surface area contributed by atoms with Gasteiger partial charge in [-0.2, -0.15) is 0 Å². The topological polar surface area (TPSA) is 78.5 Å². The van der Waals surface area contributed by atoms with Crippen molar-refractivity contribution in [2.45, 2.75) is 38.3 Å². The first-order valence-electron chi connectivity index (χ1n) is 9.56. The molecule has 28 heavy (non-hydrogen) atoms. The Morgan fingerprint density at radius 3 is 2.32 bits per heavy atom. The number of nitrogens with zero attached hydrogens (tertiary/aromatic N) is 1. The van der Waals surface area contributed by atoms with Crippen LogP contribution in [0.3, 0.4) is 0 Å². The van der Waals surface area contributed by atoms with Gasteiger partial charge in [-0.3, -0.25) is 9.69 Å². The van der Waals surface area contributed by atoms with Crippen molar-refractivity contribution in [1.29, 1.82) is 0 Å². The van der Waals surface area contributed by atoms with Crippen LogP contribution in [0.25, 0.3) is 0 Å². The third-order valence-corrected chi connectivity index (χ3v) is 5.96. The number of rotatable bonds is 11. The molecule has 0 saturated heterocycles. The molecule has 6 nitrogen and oxygen atoms in total. The molecule has 0 aliphatic heterocycles. The zero-order chi connectivity index (χ0) is 20.4. The van der Waals surface area contributed by atoms with Gasteiger partial charge in [-0.15, -0.1) is 0 Å². The van der Waals surface area contributed by atoms with E-state index in [2.05, 4.69) is 40.9 Å². The lowest BCUT2D eigenvalue weighted by atomic mass is 10.1. The van der Waals surface area contributed by atoms with Crippen LogP contribution in [0.1, 0.15) is 31.4 Å². The van der Waals surface area contributed by atoms with Gasteiger partial charge in [-0.1, -0.05) is 56.3 Å². The lowest BCUT2D eigenvalue weighted by Crippen LogP contribution is -2.30. The molecule has 0 spiro atoms. The molecule has 0 fully saturated rings. The fourth-order valence-electron chi connectivity index (χ4n) is 2.81. The molecule has 0 aliphatic carbocycles. The van der Waals surface area contributed by atoms with Crippen molar-refractivity contribution in [2.75, 3.05) is 19.6 Å². The Balaban J connectivity index is 1.78. The maximum atomic E-state index is 12.1. The number of amides is 1. The maximum absolute atomic E-state index is 12.1. The summed E-state index contributed by atoms with van der Waals surface area (Å²) in [5, 5.41) is 2.85. The van der Waals surface area contributed by atoms with E-state index < -0.39 is 10.0 Å². The summed E-state index contributed by atoms with van der Waals surface area (Å²) in [5.74, 6) is -0.190. The van der Waals surface area contributed by atoms with Crippen molar-refractivity contribution in [2.24, 2.45) is 0 Å². The SMILES string of the molecule is CCN(CC)Cc1cccc(CNC(=O)CCNS(=O)(=O)c2ccccc2)c1. The second kappa shape index (κ2) is 10.9. The molecule has 0 bridgehead atoms. The number of hydrogen-bond acceptors (Lipinski definition) is 4. The summed E-state index contributed by atoms with van der Waals surface area (Å²) in [5.41, 5.74) is 2.24. The largest absolute Gasteiger partial charge is 0.352 e. The van der Waals surface area contributed by atoms with Gasteiger partial charge in [0.25, 0.3) is 0 Å². The van der Waals surface area contributed by atoms with E-state index in [0.717, 1.165) is 25.2 Å². The molecule has 0 heterocycles. The minimum atomic E-state index is -3.58. The molecule has 0 radical (unpaired) electrons. The molecular weight excluding hydrogens is 374 g/mol. The van der Waals surface area contributed by atoms with Crippen LogP contribution in [0.5, 0.6) is 0 Å². The van der Waals surface area contributed by atoms with Gasteiger partial charge in [0, 0.05) is 26.1 Å². The maximum Gasteiger partial charge on any atom is 0.240 e. The minimum Gasteiger partial charge on any atom is -0.352 e. The molecule has 0 atom stereocenters. The average molecular weight is 404 g/mol. The molecule has 2 N–H and O–H groups in total. The third-order valence-electron chi connectivity index (χ3n) is 4.48. The number of carbonyl (C=O) groups excluding carboxylic acids is 1. The van der Waals surface area contributed by atoms with Crippen LogP contribution in [0, 0.1) is 0 Å². The van der Waals surface area contributed by atoms with Crippen molar-refractivity contribution < 1.29 is 13.2 Å². The highest BCUT2D eigenvalue weighted by molar-refractivity contribution is 7.89. The Hall–Kier alpha value is -2.22. The van der Waals surface area contributed by atoms with Crippen molar-refractivity contribution in [3.8, 4) is 0 Å². The first-order chi connectivity index (χ1) is 13.4. The quantitative estimate of drug-likeness (QED) is 0.604. The van der Waals surface area contributed by atoms with Crippen molar-refractivity contribution in [1.82, 2.24) is 14.9 Å². The molecule has 2 aromatic carbocycles. The summed E-state index contributed by atoms with van der Waals surface area (Å²) in [6.45, 7) is 7.64. The second-order valence-corrected chi connectivity index (χ2v) is 8.29. The predicted molar refractivity (Wildman–Crippen MR) is 111 cm³/mol. The van der Waals surface area contributed by atoms with E-state index in [1.807, 2.05) is 12.1 Å². The van der Waals surface area contributed by atoms with Crippen molar-refractivity contribution in [3.05, 3.63) is 65.7 Å². The van der Waals surface area contributed by atoms with Gasteiger partial charge < -0.3 is 5.32 Å². The van der Waals surface area contributed by atoms with E-state index in [0.29, 0.717) is 6.54 Å². The van der Waals surface area contributed by atoms with Gasteiger partial charge in [-0.05, 0) is 36.3 Å². The molecule has 1 amide bonds. The van der Waals surface area contributed by atoms with E-state index in [1.54, 1.807) is 18.2 Å². The molecule has 0 saturated carbocycles. The first-order valence-corrected chi connectivity index (χ1v) is 11.0. The first kappa shape index (κ1) is 22.1. The highest BCUT2D eigenvalue weighted by Crippen LogP contribution is 2.09. The smallest absolute Gasteiger partial charge is 0.240 e. The van der Waals surface area contributed by atoms with E-state index in [-0.39, 0.29) is 23.8 Å². The summed E-state index contributed by atoms with van der Waals surface area (Å²) in [7, 11) is -3.58. The van der Waals surface area contributed by atoms with E-state index in [9.17, 15) is 13.2 Å². The van der Waals surface area contributed by atoms with Gasteiger partial charge in [0.2, 0.25) is 15.9 Å². The predicted octanol–water partition coefficient (Wildman–Crippen LogP) is 2.51. The van der Waals surface area contributed by atoms with Crippen LogP contribution in [-0.4, -0.2) is 38.9 Å². The fourth-order valence-corrected chi connectivity index (χ4v) is 3.87. The summed E-state index contributed by atoms with van der Waals surface area (Å²) in [4.78, 5) is 14.6. The van der Waals surface area contributed by atoms with Crippen molar-refractivity contribution >= 4 is 15.9 Å². The number of sulfonamides is 1. The zero-order valence-electron chi connectivity index (χ0n) is 16.5. The highest BCUT2D eigenvalue weighted by Gasteiger charge is 2.13. The molecular formula is C21H29N3O3S. The lowest BCUT2D eigenvalue weighted by Gasteiger charge is -2.18. The number of nitrogens with one attached hydrogen (secondary N) is 2. The summed E-state index contributed by atoms with van der Waals surface area (Å²) < 4.78 is 26.7. The van der Waals surface area contributed by atoms with Crippen LogP contribution < -0.4 is 10.0 Å². The van der Waals surface area contributed by atoms with Gasteiger partial charge >= 0.3 is 0 Å². The molecule has 0 aliphatic rings. The molecule has 152 valence electrons. The Bertz CT molecular complexity index is 850. The van der Waals surface area contributed by atoms with Crippen LogP contribution >= 0.6 is 0 Å². The van der Waals surface area contributed by atoms with Crippen LogP contribution in [0.4, 0.5) is 0 Å². The zero-order valence-corrected chi connectivity index (χ0v) is 17.3. The average Bonchev–Trinajstić information content (AvgIpc) is 2.71. The molecule has 7 heteroatoms. The summed E-state index contributed by atoms with van der Waals surface area (Å²) in [6.07, 6.45) is 0.0885. The van der Waals surface area contributed by atoms with Crippen molar-refractivity contribution in [3.63, 3.8) is 0 Å². The van der Waals surface area contributed by atoms with E-state index in [4.69, 9.17) is 0 Å². The molecule has 0 aromatic heterocycles. The van der Waals surface area contributed by atoms with Crippen LogP contribution in [0.2, 0.25) is 0 Å². The van der Waals surface area contributed by atoms with Crippen LogP contribution in [0.15, 0.2) is 59.5 Å². The Kier molecular flexibility index (Phi) is 8.63. The van der Waals surface area contributed by atoms with E-state index >= 15 is 0 Å². The standard InChI is InChI=1S/C21H29N3O3S/c1-3-24(4-2)17-19-10-8-9-18(15-19)16-22-21(25)13-14-23-28(26,27)20-11-6-5-7-12-20/h5-12,15,23H,3-4,13-14,16-17H2,1-2H3,(H,22,25). The normalized spacial score (nSPS) is 11.5. The molecule has 2 aromatic rings. The summed E-state index contributed by atoms with van der Waals surface area (Å²) in [6, 6.07) is 16.3. The molecule has 2 rings (SSSR count). The van der Waals surface area contributed by atoms with Gasteiger partial charge in [0.05, 0.1) is 4.90 Å². The lowest BCUT2D eigenvalue weighted by molar-refractivity contribution is -0.121. The fraction of sp³-hybridized carbons (Fsp3) is 0.381. The summed E-state index contributed by atoms with van der Waals surface area (Å²) >= 11 is 0. The monoisotopic (exact) mass is 403 g/mol.